The van der Waals surface area contributed by atoms with Gasteiger partial charge in [-0.3, -0.25) is 9.11 Å². The Morgan fingerprint density at radius 3 is 2.35 bits per heavy atom. The molecule has 0 spiro atoms. The van der Waals surface area contributed by atoms with Crippen LogP contribution < -0.4 is 15.6 Å². The van der Waals surface area contributed by atoms with Crippen LogP contribution in [0.3, 0.4) is 0 Å². The van der Waals surface area contributed by atoms with E-state index in [0.717, 1.165) is 11.6 Å². The van der Waals surface area contributed by atoms with Crippen molar-refractivity contribution in [2.24, 2.45) is 10.2 Å². The number of hydrogen-bond donors (Lipinski definition) is 5. The molecule has 0 atom stereocenters. The Labute approximate surface area is 271 Å². The van der Waals surface area contributed by atoms with Gasteiger partial charge in [-0.25, -0.2) is 9.36 Å². The fourth-order valence-electron chi connectivity index (χ4n) is 4.94. The third-order valence-corrected chi connectivity index (χ3v) is 8.88. The molecule has 0 radical (unpaired) electrons. The van der Waals surface area contributed by atoms with Crippen molar-refractivity contribution in [2.45, 2.75) is 16.7 Å². The van der Waals surface area contributed by atoms with Gasteiger partial charge in [0, 0.05) is 16.2 Å². The van der Waals surface area contributed by atoms with E-state index in [1.165, 1.54) is 53.4 Å². The van der Waals surface area contributed by atoms with Crippen LogP contribution in [0, 0.1) is 6.92 Å². The van der Waals surface area contributed by atoms with Gasteiger partial charge in [0.2, 0.25) is 0 Å². The molecule has 6 N–H and O–H groups in total. The van der Waals surface area contributed by atoms with E-state index >= 15 is 0 Å². The number of anilines is 3. The minimum absolute atomic E-state index is 0.00590. The van der Waals surface area contributed by atoms with E-state index in [0.29, 0.717) is 21.8 Å². The fourth-order valence-corrected chi connectivity index (χ4v) is 6.17. The molecule has 0 fully saturated rings. The number of hydrogen-bond acceptors (Lipinski definition) is 12. The SMILES string of the molecule is Cc1cccc2c(S(=O)(=O)O)cc(N=Nc3ccc(Nc4nc(N)nc(-[n+]5cccc(C(=O)O)c5)n4)c4ccc(S(=O)(=O)O)cc34)cc12. The molecule has 0 saturated heterocycles. The molecule has 6 rings (SSSR count). The quantitative estimate of drug-likeness (QED) is 0.0828. The first-order chi connectivity index (χ1) is 22.7. The summed E-state index contributed by atoms with van der Waals surface area (Å²) < 4.78 is 69.4. The number of benzene rings is 4. The summed E-state index contributed by atoms with van der Waals surface area (Å²) in [6.07, 6.45) is 2.82. The molecule has 0 aliphatic rings. The number of fused-ring (bicyclic) bond motifs is 2. The number of aromatic nitrogens is 4. The molecule has 0 amide bonds. The summed E-state index contributed by atoms with van der Waals surface area (Å²) in [6, 6.07) is 17.4. The third-order valence-electron chi connectivity index (χ3n) is 7.14. The van der Waals surface area contributed by atoms with Crippen LogP contribution in [0.15, 0.2) is 105 Å². The molecule has 2 heterocycles. The molecule has 0 aliphatic carbocycles. The minimum Gasteiger partial charge on any atom is -0.478 e. The standard InChI is InChI=1S/C30H22N8O8S2/c1-16-4-2-6-21-22(16)12-18(13-26(21)48(44,45)46)36-37-25-10-9-24(20-8-7-19(14-23(20)25)47(41,42)43)32-29-33-28(31)34-30(35-29)38-11-3-5-17(15-38)27(39)40/h2-15H,1H3,(H5-,31,32,33,34,35,36,39,40,41,42,43,44,45,46)/p+1. The molecule has 4 aromatic carbocycles. The van der Waals surface area contributed by atoms with E-state index in [2.05, 4.69) is 30.5 Å². The first-order valence-electron chi connectivity index (χ1n) is 13.7. The number of carbonyl (C=O) groups is 1. The van der Waals surface area contributed by atoms with Crippen LogP contribution in [-0.2, 0) is 20.2 Å². The third kappa shape index (κ3) is 6.48. The zero-order valence-electron chi connectivity index (χ0n) is 24.5. The smallest absolute Gasteiger partial charge is 0.444 e. The number of azo groups is 1. The van der Waals surface area contributed by atoms with Crippen molar-refractivity contribution in [1.82, 2.24) is 15.0 Å². The highest BCUT2D eigenvalue weighted by Crippen LogP contribution is 2.37. The minimum atomic E-state index is -4.63. The number of nitrogens with zero attached hydrogens (tertiary/aromatic N) is 6. The number of carboxylic acid groups (broad SMARTS) is 1. The van der Waals surface area contributed by atoms with Gasteiger partial charge in [0.05, 0.1) is 39.9 Å². The Morgan fingerprint density at radius 1 is 0.833 bits per heavy atom. The zero-order chi connectivity index (χ0) is 34.4. The summed E-state index contributed by atoms with van der Waals surface area (Å²) >= 11 is 0. The van der Waals surface area contributed by atoms with Gasteiger partial charge in [-0.05, 0) is 76.4 Å². The highest BCUT2D eigenvalue weighted by Gasteiger charge is 2.20. The molecule has 0 bridgehead atoms. The topological polar surface area (TPSA) is 251 Å². The monoisotopic (exact) mass is 687 g/mol. The van der Waals surface area contributed by atoms with E-state index in [-0.39, 0.29) is 45.1 Å². The van der Waals surface area contributed by atoms with Gasteiger partial charge in [0.1, 0.15) is 4.90 Å². The fraction of sp³-hybridized carbons (Fsp3) is 0.0333. The van der Waals surface area contributed by atoms with Gasteiger partial charge in [-0.15, -0.1) is 10.1 Å². The molecule has 0 aliphatic heterocycles. The first-order valence-corrected chi connectivity index (χ1v) is 16.6. The van der Waals surface area contributed by atoms with Crippen LogP contribution in [0.2, 0.25) is 0 Å². The van der Waals surface area contributed by atoms with Gasteiger partial charge in [-0.2, -0.15) is 21.9 Å². The second-order valence-electron chi connectivity index (χ2n) is 10.4. The molecule has 0 unspecified atom stereocenters. The molecule has 6 aromatic rings. The van der Waals surface area contributed by atoms with Crippen LogP contribution in [0.4, 0.5) is 29.0 Å². The number of nitrogens with one attached hydrogen (secondary N) is 1. The number of nitrogens with two attached hydrogens (primary N) is 1. The predicted octanol–water partition coefficient (Wildman–Crippen LogP) is 4.70. The summed E-state index contributed by atoms with van der Waals surface area (Å²) in [5, 5.41) is 22.2. The molecule has 242 valence electrons. The summed E-state index contributed by atoms with van der Waals surface area (Å²) in [5.41, 5.74) is 7.19. The Bertz CT molecular complexity index is 2560. The van der Waals surface area contributed by atoms with E-state index in [9.17, 15) is 35.8 Å². The summed E-state index contributed by atoms with van der Waals surface area (Å²) in [5.74, 6) is -1.38. The van der Waals surface area contributed by atoms with Crippen molar-refractivity contribution in [2.75, 3.05) is 11.1 Å². The molecule has 0 saturated carbocycles. The van der Waals surface area contributed by atoms with Gasteiger partial charge in [0.25, 0.3) is 20.2 Å². The van der Waals surface area contributed by atoms with Crippen molar-refractivity contribution in [3.05, 3.63) is 96.3 Å². The highest BCUT2D eigenvalue weighted by molar-refractivity contribution is 7.86. The number of aromatic carboxylic acids is 1. The van der Waals surface area contributed by atoms with E-state index in [1.807, 2.05) is 0 Å². The second-order valence-corrected chi connectivity index (χ2v) is 13.2. The van der Waals surface area contributed by atoms with Crippen LogP contribution >= 0.6 is 0 Å². The lowest BCUT2D eigenvalue weighted by Crippen LogP contribution is -2.34. The van der Waals surface area contributed by atoms with E-state index < -0.39 is 31.1 Å². The van der Waals surface area contributed by atoms with Gasteiger partial charge in [-0.1, -0.05) is 24.3 Å². The summed E-state index contributed by atoms with van der Waals surface area (Å²) in [4.78, 5) is 23.2. The Morgan fingerprint density at radius 2 is 1.62 bits per heavy atom. The molecular weight excluding hydrogens is 665 g/mol. The Hall–Kier alpha value is -5.95. The number of aryl methyl sites for hydroxylation is 1. The average molecular weight is 688 g/mol. The number of nitrogen functional groups attached to an aromatic ring is 1. The van der Waals surface area contributed by atoms with Crippen LogP contribution in [0.25, 0.3) is 27.5 Å². The van der Waals surface area contributed by atoms with Gasteiger partial charge < -0.3 is 16.2 Å². The van der Waals surface area contributed by atoms with Crippen molar-refractivity contribution in [3.63, 3.8) is 0 Å². The lowest BCUT2D eigenvalue weighted by Gasteiger charge is -2.11. The summed E-state index contributed by atoms with van der Waals surface area (Å²) in [6.45, 7) is 1.77. The Kier molecular flexibility index (Phi) is 8.01. The summed E-state index contributed by atoms with van der Waals surface area (Å²) in [7, 11) is -9.26. The van der Waals surface area contributed by atoms with Gasteiger partial charge in [0.15, 0.2) is 0 Å². The molecule has 16 nitrogen and oxygen atoms in total. The molecule has 18 heteroatoms. The van der Waals surface area contributed by atoms with Crippen molar-refractivity contribution < 1.29 is 40.4 Å². The average Bonchev–Trinajstić information content (AvgIpc) is 3.03. The molecule has 48 heavy (non-hydrogen) atoms. The van der Waals surface area contributed by atoms with Crippen LogP contribution in [0.1, 0.15) is 15.9 Å². The highest BCUT2D eigenvalue weighted by atomic mass is 32.2. The van der Waals surface area contributed by atoms with E-state index in [4.69, 9.17) is 5.73 Å². The first kappa shape index (κ1) is 32.0. The lowest BCUT2D eigenvalue weighted by atomic mass is 10.0. The van der Waals surface area contributed by atoms with Gasteiger partial charge >= 0.3 is 23.8 Å². The van der Waals surface area contributed by atoms with Crippen molar-refractivity contribution >= 4 is 76.7 Å². The number of pyridine rings is 1. The van der Waals surface area contributed by atoms with E-state index in [1.54, 1.807) is 37.3 Å². The van der Waals surface area contributed by atoms with Crippen molar-refractivity contribution in [3.8, 4) is 5.95 Å². The predicted molar refractivity (Wildman–Crippen MR) is 172 cm³/mol. The lowest BCUT2D eigenvalue weighted by molar-refractivity contribution is -0.603. The molecular formula is C30H23N8O8S2+. The number of rotatable bonds is 8. The normalized spacial score (nSPS) is 12.1. The number of carboxylic acids is 1. The van der Waals surface area contributed by atoms with Crippen LogP contribution in [0.5, 0.6) is 0 Å². The largest absolute Gasteiger partial charge is 0.478 e. The zero-order valence-corrected chi connectivity index (χ0v) is 26.2. The second kappa shape index (κ2) is 12.0. The molecule has 2 aromatic heterocycles. The maximum absolute atomic E-state index is 12.2. The van der Waals surface area contributed by atoms with Crippen LogP contribution in [-0.4, -0.2) is 52.0 Å². The maximum atomic E-state index is 12.2. The maximum Gasteiger partial charge on any atom is 0.444 e. The van der Waals surface area contributed by atoms with Crippen molar-refractivity contribution in [1.29, 1.82) is 0 Å². The Balaban J connectivity index is 1.45.